The largest absolute Gasteiger partial charge is 0.326 e. The number of hydrogen-bond acceptors (Lipinski definition) is 4. The van der Waals surface area contributed by atoms with Gasteiger partial charge in [0.2, 0.25) is 18.2 Å². The molecule has 1 heterocycles. The summed E-state index contributed by atoms with van der Waals surface area (Å²) >= 11 is 0. The SMILES string of the molecule is C=C1CC(C(=O)Nc2ccccc2)N(C(=O)C(CN(O)C=O)C(C)(C)C)C1. The van der Waals surface area contributed by atoms with E-state index in [1.165, 1.54) is 4.90 Å². The van der Waals surface area contributed by atoms with Crippen LogP contribution in [0.1, 0.15) is 27.2 Å². The van der Waals surface area contributed by atoms with Crippen LogP contribution in [0.2, 0.25) is 0 Å². The maximum absolute atomic E-state index is 13.2. The minimum Gasteiger partial charge on any atom is -0.326 e. The van der Waals surface area contributed by atoms with Gasteiger partial charge in [0.15, 0.2) is 0 Å². The first kappa shape index (κ1) is 20.6. The van der Waals surface area contributed by atoms with Crippen molar-refractivity contribution in [1.29, 1.82) is 0 Å². The molecular formula is C20H27N3O4. The van der Waals surface area contributed by atoms with Gasteiger partial charge < -0.3 is 10.2 Å². The number of carbonyl (C=O) groups is 3. The van der Waals surface area contributed by atoms with Gasteiger partial charge in [-0.15, -0.1) is 0 Å². The van der Waals surface area contributed by atoms with Gasteiger partial charge in [-0.05, 0) is 24.0 Å². The molecule has 7 nitrogen and oxygen atoms in total. The smallest absolute Gasteiger partial charge is 0.247 e. The molecule has 1 aliphatic rings. The van der Waals surface area contributed by atoms with E-state index in [0.717, 1.165) is 5.57 Å². The molecule has 2 unspecified atom stereocenters. The van der Waals surface area contributed by atoms with E-state index in [-0.39, 0.29) is 31.3 Å². The molecule has 146 valence electrons. The summed E-state index contributed by atoms with van der Waals surface area (Å²) in [5, 5.41) is 12.9. The molecule has 1 aromatic rings. The van der Waals surface area contributed by atoms with E-state index in [1.807, 2.05) is 39.0 Å². The molecule has 1 fully saturated rings. The number of anilines is 1. The molecule has 0 radical (unpaired) electrons. The Morgan fingerprint density at radius 1 is 1.37 bits per heavy atom. The van der Waals surface area contributed by atoms with Gasteiger partial charge in [-0.2, -0.15) is 0 Å². The Labute approximate surface area is 159 Å². The third-order valence-electron chi connectivity index (χ3n) is 4.71. The van der Waals surface area contributed by atoms with Crippen molar-refractivity contribution in [3.05, 3.63) is 42.5 Å². The molecule has 0 saturated carbocycles. The van der Waals surface area contributed by atoms with Crippen molar-refractivity contribution >= 4 is 23.9 Å². The second-order valence-corrected chi connectivity index (χ2v) is 7.94. The normalized spacial score (nSPS) is 18.1. The van der Waals surface area contributed by atoms with Crippen LogP contribution >= 0.6 is 0 Å². The standard InChI is InChI=1S/C20H27N3O4/c1-14-10-17(18(25)21-15-8-6-5-7-9-15)23(11-14)19(26)16(20(2,3)4)12-22(27)13-24/h5-9,13,16-17,27H,1,10-12H2,2-4H3,(H,21,25). The van der Waals surface area contributed by atoms with Crippen LogP contribution in [0.5, 0.6) is 0 Å². The van der Waals surface area contributed by atoms with E-state index < -0.39 is 17.4 Å². The Hall–Kier alpha value is -2.67. The second kappa shape index (κ2) is 8.35. The molecule has 0 bridgehead atoms. The number of likely N-dealkylation sites (tertiary alicyclic amines) is 1. The fourth-order valence-electron chi connectivity index (χ4n) is 3.16. The Morgan fingerprint density at radius 2 is 2.00 bits per heavy atom. The number of nitrogens with one attached hydrogen (secondary N) is 1. The van der Waals surface area contributed by atoms with Gasteiger partial charge in [0.25, 0.3) is 0 Å². The number of hydrogen-bond donors (Lipinski definition) is 2. The lowest BCUT2D eigenvalue weighted by atomic mass is 9.79. The van der Waals surface area contributed by atoms with Crippen LogP contribution in [0.3, 0.4) is 0 Å². The van der Waals surface area contributed by atoms with Crippen molar-refractivity contribution in [3.63, 3.8) is 0 Å². The molecular weight excluding hydrogens is 346 g/mol. The van der Waals surface area contributed by atoms with Crippen LogP contribution in [0.4, 0.5) is 5.69 Å². The number of nitrogens with zero attached hydrogens (tertiary/aromatic N) is 2. The summed E-state index contributed by atoms with van der Waals surface area (Å²) in [5.41, 5.74) is 0.938. The van der Waals surface area contributed by atoms with E-state index in [9.17, 15) is 19.6 Å². The highest BCUT2D eigenvalue weighted by atomic mass is 16.5. The van der Waals surface area contributed by atoms with Gasteiger partial charge in [-0.1, -0.05) is 51.1 Å². The average Bonchev–Trinajstić information content (AvgIpc) is 3.00. The molecule has 1 saturated heterocycles. The van der Waals surface area contributed by atoms with Crippen LogP contribution in [-0.2, 0) is 14.4 Å². The molecule has 1 aliphatic heterocycles. The summed E-state index contributed by atoms with van der Waals surface area (Å²) in [7, 11) is 0. The molecule has 2 atom stereocenters. The molecule has 1 aromatic carbocycles. The van der Waals surface area contributed by atoms with E-state index in [1.54, 1.807) is 12.1 Å². The maximum atomic E-state index is 13.2. The zero-order valence-electron chi connectivity index (χ0n) is 16.0. The van der Waals surface area contributed by atoms with Gasteiger partial charge in [-0.25, -0.2) is 5.06 Å². The van der Waals surface area contributed by atoms with Crippen LogP contribution in [0.15, 0.2) is 42.5 Å². The van der Waals surface area contributed by atoms with E-state index >= 15 is 0 Å². The van der Waals surface area contributed by atoms with Crippen molar-refractivity contribution in [2.45, 2.75) is 33.2 Å². The number of benzene rings is 1. The van der Waals surface area contributed by atoms with E-state index in [4.69, 9.17) is 0 Å². The molecule has 0 spiro atoms. The number of rotatable bonds is 6. The maximum Gasteiger partial charge on any atom is 0.247 e. The summed E-state index contributed by atoms with van der Waals surface area (Å²) in [5.74, 6) is -1.22. The molecule has 2 rings (SSSR count). The zero-order valence-corrected chi connectivity index (χ0v) is 16.0. The number of hydroxylamine groups is 2. The topological polar surface area (TPSA) is 90.0 Å². The van der Waals surface area contributed by atoms with Crippen molar-refractivity contribution in [2.75, 3.05) is 18.4 Å². The van der Waals surface area contributed by atoms with Crippen molar-refractivity contribution in [1.82, 2.24) is 9.96 Å². The third-order valence-corrected chi connectivity index (χ3v) is 4.71. The summed E-state index contributed by atoms with van der Waals surface area (Å²) in [6, 6.07) is 8.37. The first-order valence-corrected chi connectivity index (χ1v) is 8.87. The molecule has 2 N–H and O–H groups in total. The number of carbonyl (C=O) groups excluding carboxylic acids is 3. The van der Waals surface area contributed by atoms with Crippen LogP contribution in [0, 0.1) is 11.3 Å². The molecule has 0 aliphatic carbocycles. The molecule has 3 amide bonds. The Morgan fingerprint density at radius 3 is 2.56 bits per heavy atom. The van der Waals surface area contributed by atoms with Crippen LogP contribution in [-0.4, -0.2) is 52.5 Å². The fraction of sp³-hybridized carbons (Fsp3) is 0.450. The van der Waals surface area contributed by atoms with Crippen LogP contribution in [0.25, 0.3) is 0 Å². The van der Waals surface area contributed by atoms with Crippen molar-refractivity contribution in [2.24, 2.45) is 11.3 Å². The quantitative estimate of drug-likeness (QED) is 0.346. The monoisotopic (exact) mass is 373 g/mol. The van der Waals surface area contributed by atoms with Crippen molar-refractivity contribution < 1.29 is 19.6 Å². The van der Waals surface area contributed by atoms with E-state index in [2.05, 4.69) is 11.9 Å². The summed E-state index contributed by atoms with van der Waals surface area (Å²) in [6.07, 6.45) is 0.659. The minimum absolute atomic E-state index is 0.137. The number of amides is 3. The summed E-state index contributed by atoms with van der Waals surface area (Å²) < 4.78 is 0. The molecule has 27 heavy (non-hydrogen) atoms. The zero-order chi connectivity index (χ0) is 20.2. The lowest BCUT2D eigenvalue weighted by molar-refractivity contribution is -0.161. The van der Waals surface area contributed by atoms with Crippen LogP contribution < -0.4 is 5.32 Å². The highest BCUT2D eigenvalue weighted by molar-refractivity contribution is 5.98. The van der Waals surface area contributed by atoms with Gasteiger partial charge >= 0.3 is 0 Å². The number of para-hydroxylation sites is 1. The lowest BCUT2D eigenvalue weighted by Crippen LogP contribution is -2.50. The van der Waals surface area contributed by atoms with Crippen molar-refractivity contribution in [3.8, 4) is 0 Å². The average molecular weight is 373 g/mol. The minimum atomic E-state index is -0.668. The third kappa shape index (κ3) is 5.17. The first-order valence-electron chi connectivity index (χ1n) is 8.87. The molecule has 0 aromatic heterocycles. The Bertz CT molecular complexity index is 712. The van der Waals surface area contributed by atoms with Gasteiger partial charge in [0, 0.05) is 12.2 Å². The summed E-state index contributed by atoms with van der Waals surface area (Å²) in [6.45, 7) is 9.66. The Kier molecular flexibility index (Phi) is 6.38. The predicted octanol–water partition coefficient (Wildman–Crippen LogP) is 2.29. The van der Waals surface area contributed by atoms with Gasteiger partial charge in [0.1, 0.15) is 6.04 Å². The predicted molar refractivity (Wildman–Crippen MR) is 102 cm³/mol. The Balaban J connectivity index is 2.21. The first-order chi connectivity index (χ1) is 12.6. The highest BCUT2D eigenvalue weighted by Gasteiger charge is 2.42. The van der Waals surface area contributed by atoms with Gasteiger partial charge in [0.05, 0.1) is 12.5 Å². The highest BCUT2D eigenvalue weighted by Crippen LogP contribution is 2.32. The second-order valence-electron chi connectivity index (χ2n) is 7.94. The van der Waals surface area contributed by atoms with E-state index in [0.29, 0.717) is 17.2 Å². The van der Waals surface area contributed by atoms with Gasteiger partial charge in [-0.3, -0.25) is 19.6 Å². The fourth-order valence-corrected chi connectivity index (χ4v) is 3.16. The molecule has 7 heteroatoms. The summed E-state index contributed by atoms with van der Waals surface area (Å²) in [4.78, 5) is 38.3. The lowest BCUT2D eigenvalue weighted by Gasteiger charge is -2.35.